The van der Waals surface area contributed by atoms with Gasteiger partial charge in [0.1, 0.15) is 0 Å². The Morgan fingerprint density at radius 2 is 2.23 bits per heavy atom. The van der Waals surface area contributed by atoms with Crippen molar-refractivity contribution in [3.8, 4) is 0 Å². The molecule has 78 valence electrons. The maximum absolute atomic E-state index is 10.5. The normalized spacial score (nSPS) is 14.0. The molecule has 0 aromatic heterocycles. The zero-order valence-electron chi connectivity index (χ0n) is 7.99. The molecule has 0 aromatic rings. The van der Waals surface area contributed by atoms with E-state index in [9.17, 15) is 8.42 Å². The van der Waals surface area contributed by atoms with Crippen LogP contribution in [0.4, 0.5) is 0 Å². The first kappa shape index (κ1) is 12.6. The van der Waals surface area contributed by atoms with Crippen molar-refractivity contribution in [2.45, 2.75) is 25.8 Å². The van der Waals surface area contributed by atoms with E-state index in [1.54, 1.807) is 0 Å². The van der Waals surface area contributed by atoms with E-state index in [1.807, 2.05) is 13.0 Å². The highest BCUT2D eigenvalue weighted by Crippen LogP contribution is 1.95. The molecule has 1 unspecified atom stereocenters. The Kier molecular flexibility index (Phi) is 5.94. The van der Waals surface area contributed by atoms with Crippen molar-refractivity contribution >= 4 is 10.0 Å². The molecule has 1 atom stereocenters. The lowest BCUT2D eigenvalue weighted by Crippen LogP contribution is -2.32. The van der Waals surface area contributed by atoms with Crippen LogP contribution in [0.3, 0.4) is 0 Å². The summed E-state index contributed by atoms with van der Waals surface area (Å²) in [5.41, 5.74) is 0. The van der Waals surface area contributed by atoms with Gasteiger partial charge in [-0.15, -0.1) is 6.58 Å². The van der Waals surface area contributed by atoms with Crippen molar-refractivity contribution < 1.29 is 8.42 Å². The van der Waals surface area contributed by atoms with Crippen molar-refractivity contribution in [2.24, 2.45) is 5.14 Å². The molecule has 0 heterocycles. The van der Waals surface area contributed by atoms with Crippen LogP contribution in [0.1, 0.15) is 19.8 Å². The summed E-state index contributed by atoms with van der Waals surface area (Å²) in [5, 5.41) is 7.90. The molecule has 0 amide bonds. The topological polar surface area (TPSA) is 72.2 Å². The van der Waals surface area contributed by atoms with Crippen molar-refractivity contribution in [2.75, 3.05) is 12.3 Å². The van der Waals surface area contributed by atoms with Gasteiger partial charge in [0.05, 0.1) is 5.75 Å². The molecule has 0 aromatic carbocycles. The summed E-state index contributed by atoms with van der Waals surface area (Å²) in [7, 11) is -3.32. The van der Waals surface area contributed by atoms with E-state index in [-0.39, 0.29) is 5.75 Å². The van der Waals surface area contributed by atoms with E-state index >= 15 is 0 Å². The van der Waals surface area contributed by atoms with E-state index in [0.29, 0.717) is 12.6 Å². The summed E-state index contributed by atoms with van der Waals surface area (Å²) < 4.78 is 21.1. The third-order valence-electron chi connectivity index (χ3n) is 1.68. The van der Waals surface area contributed by atoms with E-state index in [0.717, 1.165) is 12.8 Å². The van der Waals surface area contributed by atoms with E-state index in [1.165, 1.54) is 0 Å². The van der Waals surface area contributed by atoms with Crippen LogP contribution < -0.4 is 10.5 Å². The second kappa shape index (κ2) is 6.12. The van der Waals surface area contributed by atoms with E-state index in [2.05, 4.69) is 11.9 Å². The monoisotopic (exact) mass is 206 g/mol. The lowest BCUT2D eigenvalue weighted by atomic mass is 10.2. The van der Waals surface area contributed by atoms with Crippen molar-refractivity contribution in [3.05, 3.63) is 12.7 Å². The second-order valence-electron chi connectivity index (χ2n) is 3.09. The molecular weight excluding hydrogens is 188 g/mol. The third-order valence-corrected chi connectivity index (χ3v) is 2.46. The maximum Gasteiger partial charge on any atom is 0.210 e. The Labute approximate surface area is 80.3 Å². The number of nitrogens with one attached hydrogen (secondary N) is 1. The molecule has 0 spiro atoms. The van der Waals surface area contributed by atoms with Gasteiger partial charge in [-0.3, -0.25) is 0 Å². The van der Waals surface area contributed by atoms with Crippen LogP contribution in [0, 0.1) is 0 Å². The minimum Gasteiger partial charge on any atom is -0.313 e. The Morgan fingerprint density at radius 1 is 1.62 bits per heavy atom. The summed E-state index contributed by atoms with van der Waals surface area (Å²) in [4.78, 5) is 0. The number of nitrogens with two attached hydrogens (primary N) is 1. The number of primary sulfonamides is 1. The smallest absolute Gasteiger partial charge is 0.210 e. The molecule has 0 aliphatic rings. The Balaban J connectivity index is 3.47. The fraction of sp³-hybridized carbons (Fsp3) is 0.750. The summed E-state index contributed by atoms with van der Waals surface area (Å²) in [5.74, 6) is -0.00850. The molecule has 0 aliphatic heterocycles. The van der Waals surface area contributed by atoms with Crippen LogP contribution in [0.2, 0.25) is 0 Å². The summed E-state index contributed by atoms with van der Waals surface area (Å²) in [6.07, 6.45) is 3.75. The molecule has 5 heteroatoms. The number of hydrogen-bond acceptors (Lipinski definition) is 3. The molecule has 13 heavy (non-hydrogen) atoms. The standard InChI is InChI=1S/C8H18N2O2S/c1-3-4-5-8(2)10-6-7-13(9,11)12/h3,8,10H,1,4-7H2,2H3,(H2,9,11,12). The molecule has 0 rings (SSSR count). The summed E-state index contributed by atoms with van der Waals surface area (Å²) in [6, 6.07) is 0.305. The van der Waals surface area contributed by atoms with Gasteiger partial charge in [0, 0.05) is 12.6 Å². The second-order valence-corrected chi connectivity index (χ2v) is 4.82. The van der Waals surface area contributed by atoms with Gasteiger partial charge in [0.2, 0.25) is 10.0 Å². The average molecular weight is 206 g/mol. The van der Waals surface area contributed by atoms with Crippen LogP contribution in [-0.4, -0.2) is 26.8 Å². The Bertz CT molecular complexity index is 237. The number of sulfonamides is 1. The van der Waals surface area contributed by atoms with Gasteiger partial charge in [-0.1, -0.05) is 6.08 Å². The van der Waals surface area contributed by atoms with Crippen LogP contribution in [0.25, 0.3) is 0 Å². The number of allylic oxidation sites excluding steroid dienone is 1. The lowest BCUT2D eigenvalue weighted by Gasteiger charge is -2.11. The van der Waals surface area contributed by atoms with Crippen LogP contribution in [0.5, 0.6) is 0 Å². The first-order chi connectivity index (χ1) is 5.95. The quantitative estimate of drug-likeness (QED) is 0.585. The first-order valence-electron chi connectivity index (χ1n) is 4.30. The van der Waals surface area contributed by atoms with Crippen molar-refractivity contribution in [3.63, 3.8) is 0 Å². The molecule has 0 radical (unpaired) electrons. The highest BCUT2D eigenvalue weighted by Gasteiger charge is 2.04. The van der Waals surface area contributed by atoms with Crippen LogP contribution in [-0.2, 0) is 10.0 Å². The van der Waals surface area contributed by atoms with Gasteiger partial charge in [-0.25, -0.2) is 13.6 Å². The third kappa shape index (κ3) is 9.52. The maximum atomic E-state index is 10.5. The zero-order chi connectivity index (χ0) is 10.3. The highest BCUT2D eigenvalue weighted by atomic mass is 32.2. The molecule has 4 nitrogen and oxygen atoms in total. The van der Waals surface area contributed by atoms with Crippen LogP contribution in [0.15, 0.2) is 12.7 Å². The van der Waals surface area contributed by atoms with Crippen molar-refractivity contribution in [1.82, 2.24) is 5.32 Å². The molecule has 0 fully saturated rings. The highest BCUT2D eigenvalue weighted by molar-refractivity contribution is 7.89. The molecule has 0 bridgehead atoms. The fourth-order valence-corrected chi connectivity index (χ4v) is 1.32. The lowest BCUT2D eigenvalue weighted by molar-refractivity contribution is 0.530. The molecule has 3 N–H and O–H groups in total. The average Bonchev–Trinajstić information content (AvgIpc) is 1.98. The zero-order valence-corrected chi connectivity index (χ0v) is 8.81. The van der Waals surface area contributed by atoms with Gasteiger partial charge in [-0.2, -0.15) is 0 Å². The SMILES string of the molecule is C=CCCC(C)NCCS(N)(=O)=O. The minimum absolute atomic E-state index is 0.00850. The molecule has 0 saturated carbocycles. The molecular formula is C8H18N2O2S. The minimum atomic E-state index is -3.32. The predicted molar refractivity (Wildman–Crippen MR) is 54.9 cm³/mol. The van der Waals surface area contributed by atoms with E-state index < -0.39 is 10.0 Å². The fourth-order valence-electron chi connectivity index (χ4n) is 0.917. The van der Waals surface area contributed by atoms with Gasteiger partial charge >= 0.3 is 0 Å². The van der Waals surface area contributed by atoms with Gasteiger partial charge < -0.3 is 5.32 Å². The Hall–Kier alpha value is -0.390. The Morgan fingerprint density at radius 3 is 2.69 bits per heavy atom. The summed E-state index contributed by atoms with van der Waals surface area (Å²) >= 11 is 0. The number of hydrogen-bond donors (Lipinski definition) is 2. The van der Waals surface area contributed by atoms with Gasteiger partial charge in [-0.05, 0) is 19.8 Å². The molecule has 0 saturated heterocycles. The van der Waals surface area contributed by atoms with E-state index in [4.69, 9.17) is 5.14 Å². The van der Waals surface area contributed by atoms with Crippen molar-refractivity contribution in [1.29, 1.82) is 0 Å². The molecule has 0 aliphatic carbocycles. The van der Waals surface area contributed by atoms with Gasteiger partial charge in [0.25, 0.3) is 0 Å². The number of rotatable bonds is 7. The summed E-state index contributed by atoms with van der Waals surface area (Å²) in [6.45, 7) is 6.03. The first-order valence-corrected chi connectivity index (χ1v) is 6.02. The van der Waals surface area contributed by atoms with Crippen LogP contribution >= 0.6 is 0 Å². The predicted octanol–water partition coefficient (Wildman–Crippen LogP) is 0.219. The largest absolute Gasteiger partial charge is 0.313 e. The van der Waals surface area contributed by atoms with Gasteiger partial charge in [0.15, 0.2) is 0 Å².